The molecule has 7 heterocycles. The summed E-state index contributed by atoms with van der Waals surface area (Å²) in [5, 5.41) is 52.7. The van der Waals surface area contributed by atoms with Crippen LogP contribution in [-0.2, 0) is 40.1 Å². The molecule has 133 heavy (non-hydrogen) atoms. The summed E-state index contributed by atoms with van der Waals surface area (Å²) in [6.45, 7) is 22.5. The average molecular weight is 1920 g/mol. The number of hydrogen-bond donors (Lipinski definition) is 4. The predicted molar refractivity (Wildman–Crippen MR) is 539 cm³/mol. The quantitative estimate of drug-likeness (QED) is 0.0185. The molecule has 9 aromatic rings. The number of nitrogens with zero attached hydrogens (tertiary/aromatic N) is 7. The molecule has 0 unspecified atom stereocenters. The van der Waals surface area contributed by atoms with Gasteiger partial charge in [-0.25, -0.2) is 23.5 Å². The topological polar surface area (TPSA) is 293 Å². The molecule has 18 rings (SSSR count). The molecule has 7 aliphatic heterocycles. The Morgan fingerprint density at radius 2 is 0.970 bits per heavy atom. The molecule has 0 aromatic heterocycles. The fraction of sp³-hybridized carbons (Fsp3) is 0.303. The number of anilines is 3. The number of ketones is 4. The van der Waals surface area contributed by atoms with Crippen LogP contribution in [0.3, 0.4) is 0 Å². The van der Waals surface area contributed by atoms with Crippen LogP contribution in [0.5, 0.6) is 17.2 Å². The Morgan fingerprint density at radius 3 is 1.48 bits per heavy atom. The van der Waals surface area contributed by atoms with Crippen LogP contribution in [0.2, 0.25) is 0 Å². The molecule has 0 spiro atoms. The number of aryl methyl sites for hydroxylation is 2. The number of carboxylic acids is 3. The Labute approximate surface area is 787 Å². The van der Waals surface area contributed by atoms with Crippen LogP contribution in [0, 0.1) is 17.8 Å². The summed E-state index contributed by atoms with van der Waals surface area (Å²) in [4.78, 5) is 97.6. The summed E-state index contributed by atoms with van der Waals surface area (Å²) in [7, 11) is 11.9. The second-order valence-corrected chi connectivity index (χ2v) is 35.5. The molecule has 24 heteroatoms. The summed E-state index contributed by atoms with van der Waals surface area (Å²) < 4.78 is 40.6. The summed E-state index contributed by atoms with van der Waals surface area (Å²) in [6.07, 6.45) is 9.26. The molecule has 9 aromatic carbocycles. The van der Waals surface area contributed by atoms with Crippen molar-refractivity contribution in [2.75, 3.05) is 88.1 Å². The van der Waals surface area contributed by atoms with E-state index in [9.17, 15) is 61.6 Å². The number of alkyl halides is 1. The van der Waals surface area contributed by atoms with E-state index in [4.69, 9.17) is 14.2 Å². The number of hydrogen-bond acceptors (Lipinski definition) is 17. The van der Waals surface area contributed by atoms with Gasteiger partial charge < -0.3 is 48.7 Å². The number of benzene rings is 11. The number of ether oxygens (including phenoxy) is 1. The fourth-order valence-electron chi connectivity index (χ4n) is 16.2. The molecule has 692 valence electrons. The van der Waals surface area contributed by atoms with Crippen molar-refractivity contribution in [1.82, 2.24) is 9.15 Å². The van der Waals surface area contributed by atoms with Crippen molar-refractivity contribution < 1.29 is 70.4 Å². The maximum absolute atomic E-state index is 12.4. The van der Waals surface area contributed by atoms with E-state index in [0.29, 0.717) is 56.5 Å². The average Bonchev–Trinajstić information content (AvgIpc) is 0.707. The molecule has 0 radical (unpaired) electrons. The summed E-state index contributed by atoms with van der Waals surface area (Å²) in [6, 6.07) is 62.1. The van der Waals surface area contributed by atoms with Crippen molar-refractivity contribution in [3.8, 4) is 62.1 Å². The first-order chi connectivity index (χ1) is 63.8. The Balaban J connectivity index is 0.000000162. The van der Waals surface area contributed by atoms with Gasteiger partial charge in [0, 0.05) is 186 Å². The molecule has 4 N–H and O–H groups in total. The van der Waals surface area contributed by atoms with Crippen LogP contribution in [0.1, 0.15) is 176 Å². The van der Waals surface area contributed by atoms with Crippen molar-refractivity contribution in [2.24, 2.45) is 28.0 Å². The third-order valence-electron chi connectivity index (χ3n) is 24.0. The van der Waals surface area contributed by atoms with Crippen LogP contribution in [0.15, 0.2) is 230 Å². The normalized spacial score (nSPS) is 13.0. The molecule has 0 atom stereocenters. The number of aromatic hydroxyl groups is 1. The second kappa shape index (κ2) is 45.5. The van der Waals surface area contributed by atoms with Gasteiger partial charge in [0.25, 0.3) is 0 Å². The fourth-order valence-corrected chi connectivity index (χ4v) is 16.2. The zero-order valence-electron chi connectivity index (χ0n) is 79.7. The molecule has 0 amide bonds. The minimum absolute atomic E-state index is 0.0198. The van der Waals surface area contributed by atoms with Crippen molar-refractivity contribution in [1.29, 1.82) is 0.594 Å². The van der Waals surface area contributed by atoms with Crippen molar-refractivity contribution in [3.63, 3.8) is 0 Å². The minimum atomic E-state index is -2.51. The van der Waals surface area contributed by atoms with E-state index in [-0.39, 0.29) is 63.2 Å². The van der Waals surface area contributed by atoms with Gasteiger partial charge in [-0.05, 0) is 203 Å². The molecule has 22 nitrogen and oxygen atoms in total. The summed E-state index contributed by atoms with van der Waals surface area (Å²) in [5.74, 6) is 1.69. The molecule has 0 bridgehead atoms. The van der Waals surface area contributed by atoms with Gasteiger partial charge in [-0.2, -0.15) is 10.2 Å². The van der Waals surface area contributed by atoms with Crippen LogP contribution < -0.4 is 49.9 Å². The molecule has 2 aliphatic carbocycles. The molecular weight excluding hydrogens is 1790 g/mol. The van der Waals surface area contributed by atoms with Crippen molar-refractivity contribution in [2.45, 2.75) is 127 Å². The Hall–Kier alpha value is -13.6. The first-order valence-corrected chi connectivity index (χ1v) is 47.7. The van der Waals surface area contributed by atoms with Crippen LogP contribution in [0.25, 0.3) is 72.4 Å². The van der Waals surface area contributed by atoms with Gasteiger partial charge in [-0.15, -0.1) is 0 Å². The predicted octanol–water partition coefficient (Wildman–Crippen LogP) is 21.4. The number of phenolic OH excluding ortho intramolecular Hbond substituents is 1. The number of Topliss-reactive ketones (excluding diaryl/α,β-unsaturated/α-hetero) is 4. The molecular formula is C109H119FIN7O15+2. The number of carboxylic acid groups (broad SMARTS) is 3. The summed E-state index contributed by atoms with van der Waals surface area (Å²) in [5.41, 5.74) is 20.0. The van der Waals surface area contributed by atoms with E-state index >= 15 is 0 Å². The number of carbonyl (C=O) groups is 7. The zero-order valence-corrected chi connectivity index (χ0v) is 80.9. The first-order valence-electron chi connectivity index (χ1n) is 45.2. The summed E-state index contributed by atoms with van der Waals surface area (Å²) >= 11 is -2.51. The van der Waals surface area contributed by atoms with E-state index < -0.39 is 39.5 Å². The Morgan fingerprint density at radius 1 is 0.519 bits per heavy atom. The number of azo groups is 1. The van der Waals surface area contributed by atoms with Crippen molar-refractivity contribution >= 4 is 119 Å². The van der Waals surface area contributed by atoms with Crippen LogP contribution in [0.4, 0.5) is 31.3 Å². The van der Waals surface area contributed by atoms with Crippen LogP contribution >= 0.6 is 21.6 Å². The maximum atomic E-state index is 12.4. The van der Waals surface area contributed by atoms with Gasteiger partial charge >= 0.3 is 47.9 Å². The number of fused-ring (bicyclic) bond motifs is 8. The Kier molecular flexibility index (Phi) is 33.7. The Bertz CT molecular complexity index is 6760. The third kappa shape index (κ3) is 24.0. The third-order valence-corrected chi connectivity index (χ3v) is 24.0. The number of halogens is 2. The molecule has 0 saturated carbocycles. The van der Waals surface area contributed by atoms with E-state index in [1.807, 2.05) is 196 Å². The van der Waals surface area contributed by atoms with Gasteiger partial charge in [0.05, 0.1) is 39.7 Å². The van der Waals surface area contributed by atoms with Crippen molar-refractivity contribution in [3.05, 3.63) is 288 Å². The molecule has 0 saturated heterocycles. The first kappa shape index (κ1) is 98.4. The number of phenols is 1. The number of aromatic carboxylic acids is 3. The molecule has 0 fully saturated rings. The van der Waals surface area contributed by atoms with E-state index in [0.717, 1.165) is 167 Å². The number of rotatable bonds is 15. The van der Waals surface area contributed by atoms with Gasteiger partial charge in [0.1, 0.15) is 84.5 Å². The standard InChI is InChI=1S/C32H30N2O3.C24H22N2O3.C20H12O5.C17H19N3O.3C5H10O.CH4FI/c35-32(36)22-10-2-1-9-21(22)27-25-17-19-7-3-13-33-15-5-11-23(28(19)33)30(25)37-31-24-12-6-16-34-14-4-8-20(29(24)34)18-26(27)31;1-25(2)15-9-11-19-21(13-15)29-22-14-16(26(3)4)10-12-20(22)23(19)17-7-5-6-8-18(17)24(27)28;21-11-5-7-15-17(9-11)25-18-10-12(22)6-8-16(18)19(15)13-3-1-2-4-14(13)20(23)24;1-4-17(21)13-5-7-14(8-6-13)18-19-15-9-11-16(12-10-15)20(2)3;3*1-4(2)5(3)6;1-3-2/h1-2,9-10,17-18H,3-8,11-16H2;5-14H,1-4H3;1-10,21H,(H,23,24);5-12H,4H2,1-3H3;3*4H,1-3H3;3H,1H3/p+2/i;;;;;;;3T. The van der Waals surface area contributed by atoms with Gasteiger partial charge in [0.15, 0.2) is 11.2 Å². The van der Waals surface area contributed by atoms with E-state index in [1.54, 1.807) is 93.6 Å². The molecule has 9 aliphatic rings. The zero-order chi connectivity index (χ0) is 97.2. The SMILES string of the molecule is CC(=O)C(C)C.CC(=O)C(C)C.CC(=O)C(C)C.CCC(=O)c1ccc(N=Nc2ccc(N(C)C)cc2)cc1.CN(C)c1ccc2c(-c3ccccc3C(=O)O)c3ccc(=[N+](C)C)cc-3oc2c1.O=C(O)c1ccccc1-c1c2ccc(=O)cc-2oc2cc(O)ccc12.O=C(O)c1ccccc1C1=c2cc3c4c(c2Oc2c1cc1c5c2CCCN5CCC1)CCC[N+]=4CCC3.[3H]I(C)F. The van der Waals surface area contributed by atoms with E-state index in [1.165, 1.54) is 68.6 Å². The number of carbonyl (C=O) groups excluding carboxylic acids is 4. The van der Waals surface area contributed by atoms with Gasteiger partial charge in [-0.3, -0.25) is 24.0 Å². The van der Waals surface area contributed by atoms with Gasteiger partial charge in [-0.1, -0.05) is 103 Å². The van der Waals surface area contributed by atoms with E-state index in [2.05, 4.69) is 31.8 Å². The van der Waals surface area contributed by atoms with Crippen LogP contribution in [-0.4, -0.2) is 135 Å². The monoisotopic (exact) mass is 1910 g/mol. The second-order valence-electron chi connectivity index (χ2n) is 34.7. The van der Waals surface area contributed by atoms with Gasteiger partial charge in [0.2, 0.25) is 10.7 Å².